The number of benzene rings is 2. The molecule has 3 aliphatic rings. The number of aromatic nitrogens is 3. The first-order valence-electron chi connectivity index (χ1n) is 20.4. The van der Waals surface area contributed by atoms with E-state index in [0.29, 0.717) is 62.8 Å². The third-order valence-electron chi connectivity index (χ3n) is 12.7. The molecule has 0 unspecified atom stereocenters. The van der Waals surface area contributed by atoms with Gasteiger partial charge in [-0.3, -0.25) is 4.90 Å². The third kappa shape index (κ3) is 6.78. The summed E-state index contributed by atoms with van der Waals surface area (Å²) in [6.45, 7) is 22.7. The summed E-state index contributed by atoms with van der Waals surface area (Å²) >= 11 is 0. The summed E-state index contributed by atoms with van der Waals surface area (Å²) in [5.41, 5.74) is 4.78. The summed E-state index contributed by atoms with van der Waals surface area (Å²) in [5, 5.41) is 1.02. The number of ether oxygens (including phenoxy) is 1. The van der Waals surface area contributed by atoms with Gasteiger partial charge in [-0.25, -0.2) is 36.9 Å². The van der Waals surface area contributed by atoms with Crippen molar-refractivity contribution in [3.63, 3.8) is 0 Å². The lowest BCUT2D eigenvalue weighted by Crippen LogP contribution is -2.63. The van der Waals surface area contributed by atoms with Crippen molar-refractivity contribution in [2.45, 2.75) is 141 Å². The molecule has 2 fully saturated rings. The maximum absolute atomic E-state index is 17.6. The number of nitrogens with zero attached hydrogens (tertiary/aromatic N) is 5. The largest absolute Gasteiger partial charge is 0.444 e. The highest BCUT2D eigenvalue weighted by atomic mass is 32.2. The Labute approximate surface area is 336 Å². The molecule has 2 aromatic heterocycles. The summed E-state index contributed by atoms with van der Waals surface area (Å²) in [4.78, 5) is 31.8. The van der Waals surface area contributed by atoms with Crippen LogP contribution in [0, 0.1) is 29.0 Å². The highest BCUT2D eigenvalue weighted by Gasteiger charge is 2.53. The van der Waals surface area contributed by atoms with Crippen molar-refractivity contribution in [2.24, 2.45) is 5.92 Å². The Balaban J connectivity index is 1.48. The molecule has 0 N–H and O–H groups in total. The molecule has 5 heterocycles. The standard InChI is InChI=1S/C44H55F2N5O4SSi/c1-12-56(53,54)42-48-39-36-33(22-27(8)40-34-19-17-29(23-50(40)41(36)49-42)51(34)43(52)55-44(9,10)11)47-38(37(39)46)31-15-13-14-28-16-18-32(45)30(35(28)31)20-21-57(24(2)3,25(4)5)26(6)7/h13-16,18,24-27,29,34,40H,12,17,19,22-23H2,1-11H3/t27-,29+,34-,40-/m0/s1. The second kappa shape index (κ2) is 14.6. The molecule has 2 bridgehead atoms. The number of anilines is 1. The van der Waals surface area contributed by atoms with E-state index in [2.05, 4.69) is 69.8 Å². The fourth-order valence-corrected chi connectivity index (χ4v) is 16.1. The molecule has 13 heteroatoms. The zero-order valence-corrected chi connectivity index (χ0v) is 36.8. The molecule has 2 aromatic carbocycles. The summed E-state index contributed by atoms with van der Waals surface area (Å²) in [6, 6.07) is 7.70. The fourth-order valence-electron chi connectivity index (χ4n) is 10.2. The van der Waals surface area contributed by atoms with Gasteiger partial charge in [-0.05, 0) is 74.0 Å². The number of fused-ring (bicyclic) bond motifs is 6. The van der Waals surface area contributed by atoms with Crippen LogP contribution in [0.4, 0.5) is 19.4 Å². The summed E-state index contributed by atoms with van der Waals surface area (Å²) in [6.07, 6.45) is 1.47. The van der Waals surface area contributed by atoms with E-state index in [1.807, 2.05) is 31.7 Å². The Hall–Kier alpha value is -4.15. The Morgan fingerprint density at radius 1 is 0.982 bits per heavy atom. The molecule has 4 aromatic rings. The minimum Gasteiger partial charge on any atom is -0.444 e. The average Bonchev–Trinajstić information content (AvgIpc) is 3.38. The van der Waals surface area contributed by atoms with Gasteiger partial charge in [0.1, 0.15) is 36.5 Å². The molecule has 0 aliphatic carbocycles. The fraction of sp³-hybridized carbons (Fsp3) is 0.545. The van der Waals surface area contributed by atoms with Crippen LogP contribution in [-0.2, 0) is 21.0 Å². The monoisotopic (exact) mass is 815 g/mol. The lowest BCUT2D eigenvalue weighted by Gasteiger charge is -2.49. The number of hydrogen-bond acceptors (Lipinski definition) is 8. The first kappa shape index (κ1) is 41.0. The van der Waals surface area contributed by atoms with E-state index in [4.69, 9.17) is 14.7 Å². The molecular weight excluding hydrogens is 761 g/mol. The highest BCUT2D eigenvalue weighted by Crippen LogP contribution is 2.47. The predicted molar refractivity (Wildman–Crippen MR) is 225 cm³/mol. The van der Waals surface area contributed by atoms with Crippen LogP contribution in [0.3, 0.4) is 0 Å². The van der Waals surface area contributed by atoms with Gasteiger partial charge in [0.25, 0.3) is 0 Å². The quantitative estimate of drug-likeness (QED) is 0.108. The van der Waals surface area contributed by atoms with Gasteiger partial charge in [0.15, 0.2) is 5.82 Å². The van der Waals surface area contributed by atoms with Gasteiger partial charge < -0.3 is 9.64 Å². The van der Waals surface area contributed by atoms with E-state index in [1.165, 1.54) is 13.0 Å². The predicted octanol–water partition coefficient (Wildman–Crippen LogP) is 9.64. The molecule has 57 heavy (non-hydrogen) atoms. The van der Waals surface area contributed by atoms with E-state index in [9.17, 15) is 13.2 Å². The van der Waals surface area contributed by atoms with Crippen molar-refractivity contribution in [2.75, 3.05) is 17.2 Å². The Morgan fingerprint density at radius 3 is 2.30 bits per heavy atom. The van der Waals surface area contributed by atoms with Gasteiger partial charge in [0.2, 0.25) is 15.0 Å². The number of carbonyl (C=O) groups excluding carboxylic acids is 1. The van der Waals surface area contributed by atoms with E-state index >= 15 is 8.78 Å². The number of carbonyl (C=O) groups is 1. The van der Waals surface area contributed by atoms with Crippen LogP contribution >= 0.6 is 0 Å². The van der Waals surface area contributed by atoms with Crippen LogP contribution in [0.25, 0.3) is 32.9 Å². The van der Waals surface area contributed by atoms with Crippen molar-refractivity contribution in [3.05, 3.63) is 53.2 Å². The normalized spacial score (nSPS) is 21.0. The van der Waals surface area contributed by atoms with E-state index in [1.54, 1.807) is 18.2 Å². The smallest absolute Gasteiger partial charge is 0.410 e. The Kier molecular flexibility index (Phi) is 10.5. The average molecular weight is 816 g/mol. The molecular formula is C44H55F2N5O4SSi. The number of sulfone groups is 1. The van der Waals surface area contributed by atoms with Crippen LogP contribution in [-0.4, -0.2) is 78.5 Å². The minimum absolute atomic E-state index is 0.0506. The third-order valence-corrected chi connectivity index (χ3v) is 20.5. The first-order chi connectivity index (χ1) is 26.7. The van der Waals surface area contributed by atoms with E-state index in [0.717, 1.165) is 12.8 Å². The van der Waals surface area contributed by atoms with Crippen LogP contribution in [0.2, 0.25) is 16.6 Å². The van der Waals surface area contributed by atoms with Crippen molar-refractivity contribution in [1.82, 2.24) is 19.9 Å². The first-order valence-corrected chi connectivity index (χ1v) is 24.3. The van der Waals surface area contributed by atoms with Gasteiger partial charge >= 0.3 is 6.09 Å². The van der Waals surface area contributed by atoms with Crippen LogP contribution in [0.5, 0.6) is 0 Å². The Bertz CT molecular complexity index is 2430. The second-order valence-corrected chi connectivity index (χ2v) is 25.9. The van der Waals surface area contributed by atoms with E-state index < -0.39 is 40.3 Å². The van der Waals surface area contributed by atoms with Gasteiger partial charge in [-0.2, -0.15) is 0 Å². The maximum Gasteiger partial charge on any atom is 0.410 e. The number of rotatable bonds is 6. The summed E-state index contributed by atoms with van der Waals surface area (Å²) in [5.74, 6) is 1.92. The number of halogens is 2. The van der Waals surface area contributed by atoms with Crippen molar-refractivity contribution >= 4 is 51.5 Å². The summed E-state index contributed by atoms with van der Waals surface area (Å²) in [7, 11) is -6.29. The van der Waals surface area contributed by atoms with E-state index in [-0.39, 0.29) is 52.7 Å². The molecule has 0 radical (unpaired) electrons. The number of amides is 1. The highest BCUT2D eigenvalue weighted by molar-refractivity contribution is 7.91. The number of pyridine rings is 1. The van der Waals surface area contributed by atoms with Crippen LogP contribution < -0.4 is 4.90 Å². The summed E-state index contributed by atoms with van der Waals surface area (Å²) < 4.78 is 66.7. The van der Waals surface area contributed by atoms with Gasteiger partial charge in [0.05, 0.1) is 40.5 Å². The lowest BCUT2D eigenvalue weighted by molar-refractivity contribution is 0.00491. The van der Waals surface area contributed by atoms with Crippen LogP contribution in [0.1, 0.15) is 100 Å². The molecule has 304 valence electrons. The molecule has 2 saturated heterocycles. The molecule has 7 rings (SSSR count). The SMILES string of the molecule is CCS(=O)(=O)c1nc2c3c(nc(-c4cccc5ccc(F)c(C#C[Si](C(C)C)(C(C)C)C(C)C)c45)c(F)c3n1)C[C@H](C)[C@H]1[C@@H]3CC[C@H](CN21)N3C(=O)OC(C)(C)C. The zero-order valence-electron chi connectivity index (χ0n) is 35.0. The lowest BCUT2D eigenvalue weighted by atomic mass is 9.88. The van der Waals surface area contributed by atoms with Crippen LogP contribution in [0.15, 0.2) is 35.5 Å². The number of hydrogen-bond donors (Lipinski definition) is 0. The zero-order chi connectivity index (χ0) is 41.5. The topological polar surface area (TPSA) is 106 Å². The van der Waals surface area contributed by atoms with Crippen molar-refractivity contribution in [3.8, 4) is 22.7 Å². The van der Waals surface area contributed by atoms with Crippen molar-refractivity contribution in [1.29, 1.82) is 0 Å². The van der Waals surface area contributed by atoms with Crippen molar-refractivity contribution < 1.29 is 26.7 Å². The van der Waals surface area contributed by atoms with Gasteiger partial charge in [-0.15, -0.1) is 5.54 Å². The molecule has 9 nitrogen and oxygen atoms in total. The molecule has 3 aliphatic heterocycles. The molecule has 0 saturated carbocycles. The molecule has 0 spiro atoms. The van der Waals surface area contributed by atoms with Gasteiger partial charge in [0, 0.05) is 17.5 Å². The second-order valence-electron chi connectivity index (χ2n) is 18.2. The molecule has 4 atom stereocenters. The molecule has 1 amide bonds. The van der Waals surface area contributed by atoms with Gasteiger partial charge in [-0.1, -0.05) is 85.6 Å². The minimum atomic E-state index is -4.00. The number of piperazine rings is 1. The Morgan fingerprint density at radius 2 is 1.67 bits per heavy atom. The maximum atomic E-state index is 17.6.